The second-order valence-electron chi connectivity index (χ2n) is 6.40. The molecule has 0 aliphatic heterocycles. The van der Waals surface area contributed by atoms with E-state index in [-0.39, 0.29) is 23.8 Å². The first kappa shape index (κ1) is 21.1. The fourth-order valence-electron chi connectivity index (χ4n) is 2.23. The first-order valence-electron chi connectivity index (χ1n) is 8.20. The predicted octanol–water partition coefficient (Wildman–Crippen LogP) is 1.67. The van der Waals surface area contributed by atoms with Gasteiger partial charge in [-0.05, 0) is 37.8 Å². The molecular weight excluding hydrogens is 344 g/mol. The number of hydrogen-bond acceptors (Lipinski definition) is 4. The van der Waals surface area contributed by atoms with Crippen molar-refractivity contribution in [2.75, 3.05) is 6.54 Å². The number of aliphatic carboxylic acids is 1. The number of sulfonamides is 1. The van der Waals surface area contributed by atoms with E-state index in [0.717, 1.165) is 5.56 Å². The number of carbonyl (C=O) groups is 2. The van der Waals surface area contributed by atoms with E-state index in [1.807, 2.05) is 20.8 Å². The molecule has 0 bridgehead atoms. The van der Waals surface area contributed by atoms with Gasteiger partial charge in [-0.3, -0.25) is 9.59 Å². The SMILES string of the molecule is Cc1ccc(S(=O)(=O)NC(CC(C)C)C(=O)NCCCC(=O)O)cc1. The summed E-state index contributed by atoms with van der Waals surface area (Å²) in [6.45, 7) is 5.83. The number of carboxylic acids is 1. The van der Waals surface area contributed by atoms with Crippen LogP contribution in [0, 0.1) is 12.8 Å². The molecule has 0 aliphatic carbocycles. The van der Waals surface area contributed by atoms with Gasteiger partial charge < -0.3 is 10.4 Å². The Kier molecular flexibility index (Phi) is 8.05. The van der Waals surface area contributed by atoms with Gasteiger partial charge in [0.1, 0.15) is 6.04 Å². The maximum Gasteiger partial charge on any atom is 0.303 e. The molecule has 7 nitrogen and oxygen atoms in total. The van der Waals surface area contributed by atoms with Crippen LogP contribution in [0.15, 0.2) is 29.2 Å². The number of nitrogens with one attached hydrogen (secondary N) is 2. The molecule has 25 heavy (non-hydrogen) atoms. The van der Waals surface area contributed by atoms with Crippen molar-refractivity contribution in [2.45, 2.75) is 51.0 Å². The van der Waals surface area contributed by atoms with Gasteiger partial charge in [0, 0.05) is 13.0 Å². The second-order valence-corrected chi connectivity index (χ2v) is 8.12. The van der Waals surface area contributed by atoms with E-state index >= 15 is 0 Å². The lowest BCUT2D eigenvalue weighted by Crippen LogP contribution is -2.47. The van der Waals surface area contributed by atoms with Gasteiger partial charge in [-0.1, -0.05) is 31.5 Å². The molecule has 1 amide bonds. The van der Waals surface area contributed by atoms with Gasteiger partial charge in [-0.15, -0.1) is 0 Å². The Hall–Kier alpha value is -1.93. The lowest BCUT2D eigenvalue weighted by Gasteiger charge is -2.20. The smallest absolute Gasteiger partial charge is 0.303 e. The molecular formula is C17H26N2O5S. The van der Waals surface area contributed by atoms with Crippen molar-refractivity contribution >= 4 is 21.9 Å². The minimum Gasteiger partial charge on any atom is -0.481 e. The Balaban J connectivity index is 2.78. The van der Waals surface area contributed by atoms with E-state index in [4.69, 9.17) is 5.11 Å². The van der Waals surface area contributed by atoms with E-state index in [1.165, 1.54) is 12.1 Å². The summed E-state index contributed by atoms with van der Waals surface area (Å²) in [6, 6.07) is 5.47. The van der Waals surface area contributed by atoms with E-state index in [0.29, 0.717) is 12.8 Å². The van der Waals surface area contributed by atoms with E-state index in [1.54, 1.807) is 12.1 Å². The minimum atomic E-state index is -3.82. The third-order valence-electron chi connectivity index (χ3n) is 3.52. The highest BCUT2D eigenvalue weighted by Crippen LogP contribution is 2.13. The number of rotatable bonds is 10. The van der Waals surface area contributed by atoms with Crippen LogP contribution >= 0.6 is 0 Å². The zero-order chi connectivity index (χ0) is 19.0. The number of aryl methyl sites for hydroxylation is 1. The standard InChI is InChI=1S/C17H26N2O5S/c1-12(2)11-15(17(22)18-10-4-5-16(20)21)19-25(23,24)14-8-6-13(3)7-9-14/h6-9,12,15,19H,4-5,10-11H2,1-3H3,(H,18,22)(H,20,21). The largest absolute Gasteiger partial charge is 0.481 e. The number of carboxylic acid groups (broad SMARTS) is 1. The summed E-state index contributed by atoms with van der Waals surface area (Å²) >= 11 is 0. The number of benzene rings is 1. The number of hydrogen-bond donors (Lipinski definition) is 3. The van der Waals surface area contributed by atoms with Crippen LogP contribution in [0.4, 0.5) is 0 Å². The Morgan fingerprint density at radius 2 is 1.76 bits per heavy atom. The molecule has 1 rings (SSSR count). The topological polar surface area (TPSA) is 113 Å². The third-order valence-corrected chi connectivity index (χ3v) is 5.01. The summed E-state index contributed by atoms with van der Waals surface area (Å²) in [7, 11) is -3.82. The van der Waals surface area contributed by atoms with E-state index < -0.39 is 27.9 Å². The van der Waals surface area contributed by atoms with Crippen molar-refractivity contribution in [3.05, 3.63) is 29.8 Å². The maximum atomic E-state index is 12.5. The summed E-state index contributed by atoms with van der Waals surface area (Å²) < 4.78 is 27.4. The maximum absolute atomic E-state index is 12.5. The highest BCUT2D eigenvalue weighted by atomic mass is 32.2. The summed E-state index contributed by atoms with van der Waals surface area (Å²) in [4.78, 5) is 22.9. The third kappa shape index (κ3) is 7.66. The molecule has 8 heteroatoms. The normalized spacial score (nSPS) is 12.8. The molecule has 1 unspecified atom stereocenters. The summed E-state index contributed by atoms with van der Waals surface area (Å²) in [5, 5.41) is 11.2. The fourth-order valence-corrected chi connectivity index (χ4v) is 3.44. The zero-order valence-electron chi connectivity index (χ0n) is 14.8. The highest BCUT2D eigenvalue weighted by molar-refractivity contribution is 7.89. The van der Waals surface area contributed by atoms with Crippen molar-refractivity contribution in [3.63, 3.8) is 0 Å². The Bertz CT molecular complexity index is 683. The average Bonchev–Trinajstić information content (AvgIpc) is 2.50. The van der Waals surface area contributed by atoms with E-state index in [2.05, 4.69) is 10.0 Å². The molecule has 1 atom stereocenters. The summed E-state index contributed by atoms with van der Waals surface area (Å²) in [6.07, 6.45) is 0.584. The molecule has 140 valence electrons. The summed E-state index contributed by atoms with van der Waals surface area (Å²) in [5.74, 6) is -1.28. The number of amides is 1. The van der Waals surface area contributed by atoms with Crippen LogP contribution in [0.1, 0.15) is 38.7 Å². The van der Waals surface area contributed by atoms with Gasteiger partial charge in [0.25, 0.3) is 0 Å². The van der Waals surface area contributed by atoms with Crippen LogP contribution < -0.4 is 10.0 Å². The van der Waals surface area contributed by atoms with Crippen LogP contribution in [-0.4, -0.2) is 38.0 Å². The van der Waals surface area contributed by atoms with Gasteiger partial charge in [-0.25, -0.2) is 8.42 Å². The predicted molar refractivity (Wildman–Crippen MR) is 94.6 cm³/mol. The van der Waals surface area contributed by atoms with Crippen molar-refractivity contribution in [3.8, 4) is 0 Å². The lowest BCUT2D eigenvalue weighted by atomic mass is 10.0. The lowest BCUT2D eigenvalue weighted by molar-refractivity contribution is -0.137. The van der Waals surface area contributed by atoms with Crippen LogP contribution in [0.5, 0.6) is 0 Å². The van der Waals surface area contributed by atoms with Crippen molar-refractivity contribution in [1.29, 1.82) is 0 Å². The van der Waals surface area contributed by atoms with Gasteiger partial charge in [0.15, 0.2) is 0 Å². The van der Waals surface area contributed by atoms with E-state index in [9.17, 15) is 18.0 Å². The van der Waals surface area contributed by atoms with Gasteiger partial charge in [-0.2, -0.15) is 4.72 Å². The molecule has 0 aliphatic rings. The molecule has 3 N–H and O–H groups in total. The van der Waals surface area contributed by atoms with Gasteiger partial charge >= 0.3 is 5.97 Å². The molecule has 0 spiro atoms. The molecule has 0 saturated heterocycles. The molecule has 0 heterocycles. The fraction of sp³-hybridized carbons (Fsp3) is 0.529. The quantitative estimate of drug-likeness (QED) is 0.542. The monoisotopic (exact) mass is 370 g/mol. The van der Waals surface area contributed by atoms with Crippen LogP contribution in [0.2, 0.25) is 0 Å². The summed E-state index contributed by atoms with van der Waals surface area (Å²) in [5.41, 5.74) is 0.939. The molecule has 0 aromatic heterocycles. The van der Waals surface area contributed by atoms with Crippen LogP contribution in [0.25, 0.3) is 0 Å². The Morgan fingerprint density at radius 1 is 1.16 bits per heavy atom. The molecule has 0 radical (unpaired) electrons. The second kappa shape index (κ2) is 9.53. The number of carbonyl (C=O) groups excluding carboxylic acids is 1. The Morgan fingerprint density at radius 3 is 2.28 bits per heavy atom. The van der Waals surface area contributed by atoms with Gasteiger partial charge in [0.05, 0.1) is 4.90 Å². The molecule has 0 fully saturated rings. The minimum absolute atomic E-state index is 0.0514. The van der Waals surface area contributed by atoms with Crippen LogP contribution in [-0.2, 0) is 19.6 Å². The first-order valence-corrected chi connectivity index (χ1v) is 9.68. The van der Waals surface area contributed by atoms with Gasteiger partial charge in [0.2, 0.25) is 15.9 Å². The highest BCUT2D eigenvalue weighted by Gasteiger charge is 2.26. The Labute approximate surface area is 148 Å². The van der Waals surface area contributed by atoms with Crippen molar-refractivity contribution in [1.82, 2.24) is 10.0 Å². The van der Waals surface area contributed by atoms with Crippen molar-refractivity contribution in [2.24, 2.45) is 5.92 Å². The average molecular weight is 370 g/mol. The first-order chi connectivity index (χ1) is 11.6. The van der Waals surface area contributed by atoms with Crippen molar-refractivity contribution < 1.29 is 23.1 Å². The molecule has 0 saturated carbocycles. The zero-order valence-corrected chi connectivity index (χ0v) is 15.6. The van der Waals surface area contributed by atoms with Crippen LogP contribution in [0.3, 0.4) is 0 Å². The molecule has 1 aromatic carbocycles. The molecule has 1 aromatic rings.